The second-order valence-electron chi connectivity index (χ2n) is 8.20. The van der Waals surface area contributed by atoms with Gasteiger partial charge >= 0.3 is 6.09 Å². The number of nitrogens with two attached hydrogens (primary N) is 1. The van der Waals surface area contributed by atoms with Crippen LogP contribution in [0.1, 0.15) is 18.9 Å². The Morgan fingerprint density at radius 1 is 1.23 bits per heavy atom. The van der Waals surface area contributed by atoms with E-state index in [0.29, 0.717) is 11.3 Å². The number of hydrogen-bond donors (Lipinski definition) is 2. The SMILES string of the molecule is CC(=O)NC[C@H]1CN(c2ccc(-c3ccc(CN4CC[C@@H](N)C4)cc3)c(F)c2)C(=O)O1. The van der Waals surface area contributed by atoms with E-state index in [2.05, 4.69) is 10.2 Å². The highest BCUT2D eigenvalue weighted by Crippen LogP contribution is 2.29. The van der Waals surface area contributed by atoms with Gasteiger partial charge in [-0.1, -0.05) is 24.3 Å². The van der Waals surface area contributed by atoms with Crippen LogP contribution in [-0.2, 0) is 16.1 Å². The maximum Gasteiger partial charge on any atom is 0.414 e. The largest absolute Gasteiger partial charge is 0.442 e. The lowest BCUT2D eigenvalue weighted by Gasteiger charge is -2.16. The number of cyclic esters (lactones) is 1. The molecule has 0 radical (unpaired) electrons. The minimum absolute atomic E-state index is 0.195. The number of ether oxygens (including phenoxy) is 1. The first kappa shape index (κ1) is 21.3. The molecule has 3 N–H and O–H groups in total. The Balaban J connectivity index is 1.43. The molecule has 2 heterocycles. The van der Waals surface area contributed by atoms with E-state index < -0.39 is 18.0 Å². The van der Waals surface area contributed by atoms with Gasteiger partial charge < -0.3 is 15.8 Å². The van der Waals surface area contributed by atoms with E-state index in [1.54, 1.807) is 12.1 Å². The summed E-state index contributed by atoms with van der Waals surface area (Å²) >= 11 is 0. The lowest BCUT2D eigenvalue weighted by molar-refractivity contribution is -0.119. The van der Waals surface area contributed by atoms with Crippen molar-refractivity contribution in [2.45, 2.75) is 32.0 Å². The summed E-state index contributed by atoms with van der Waals surface area (Å²) in [7, 11) is 0. The van der Waals surface area contributed by atoms with Crippen molar-refractivity contribution in [3.63, 3.8) is 0 Å². The first-order valence-electron chi connectivity index (χ1n) is 10.5. The summed E-state index contributed by atoms with van der Waals surface area (Å²) in [6.07, 6.45) is 0.0131. The number of benzene rings is 2. The van der Waals surface area contributed by atoms with Gasteiger partial charge in [0.1, 0.15) is 11.9 Å². The molecule has 0 spiro atoms. The van der Waals surface area contributed by atoms with Gasteiger partial charge in [0, 0.05) is 38.2 Å². The van der Waals surface area contributed by atoms with Crippen LogP contribution in [0.15, 0.2) is 42.5 Å². The zero-order chi connectivity index (χ0) is 22.0. The van der Waals surface area contributed by atoms with Crippen LogP contribution in [0.3, 0.4) is 0 Å². The topological polar surface area (TPSA) is 87.9 Å². The summed E-state index contributed by atoms with van der Waals surface area (Å²) in [5.74, 6) is -0.603. The highest BCUT2D eigenvalue weighted by molar-refractivity contribution is 5.90. The molecule has 2 aromatic carbocycles. The first-order chi connectivity index (χ1) is 14.9. The minimum Gasteiger partial charge on any atom is -0.442 e. The maximum atomic E-state index is 14.9. The number of halogens is 1. The maximum absolute atomic E-state index is 14.9. The van der Waals surface area contributed by atoms with Crippen LogP contribution in [0.2, 0.25) is 0 Å². The third kappa shape index (κ3) is 5.03. The third-order valence-corrected chi connectivity index (χ3v) is 5.70. The molecular weight excluding hydrogens is 399 g/mol. The number of carbonyl (C=O) groups is 2. The first-order valence-corrected chi connectivity index (χ1v) is 10.5. The van der Waals surface area contributed by atoms with Crippen molar-refractivity contribution in [1.82, 2.24) is 10.2 Å². The molecule has 2 amide bonds. The summed E-state index contributed by atoms with van der Waals surface area (Å²) in [5, 5.41) is 2.63. The van der Waals surface area contributed by atoms with E-state index >= 15 is 0 Å². The molecule has 2 saturated heterocycles. The average molecular weight is 426 g/mol. The summed E-state index contributed by atoms with van der Waals surface area (Å²) in [5.41, 5.74) is 8.81. The Bertz CT molecular complexity index is 966. The monoisotopic (exact) mass is 426 g/mol. The molecule has 0 aromatic heterocycles. The molecule has 0 aliphatic carbocycles. The molecule has 0 unspecified atom stereocenters. The van der Waals surface area contributed by atoms with Gasteiger partial charge in [-0.2, -0.15) is 0 Å². The fourth-order valence-corrected chi connectivity index (χ4v) is 4.06. The second-order valence-corrected chi connectivity index (χ2v) is 8.20. The molecule has 2 aromatic rings. The van der Waals surface area contributed by atoms with E-state index in [-0.39, 0.29) is 25.0 Å². The van der Waals surface area contributed by atoms with Crippen LogP contribution in [0.25, 0.3) is 11.1 Å². The molecule has 31 heavy (non-hydrogen) atoms. The summed E-state index contributed by atoms with van der Waals surface area (Å²) in [6.45, 7) is 4.63. The zero-order valence-corrected chi connectivity index (χ0v) is 17.5. The Labute approximate surface area is 181 Å². The molecule has 164 valence electrons. The number of amides is 2. The molecule has 8 heteroatoms. The number of hydrogen-bond acceptors (Lipinski definition) is 5. The number of carbonyl (C=O) groups excluding carboxylic acids is 2. The van der Waals surface area contributed by atoms with E-state index in [1.165, 1.54) is 23.5 Å². The highest BCUT2D eigenvalue weighted by Gasteiger charge is 2.32. The average Bonchev–Trinajstić information content (AvgIpc) is 3.32. The summed E-state index contributed by atoms with van der Waals surface area (Å²) < 4.78 is 20.1. The van der Waals surface area contributed by atoms with Crippen molar-refractivity contribution in [2.24, 2.45) is 5.73 Å². The van der Waals surface area contributed by atoms with Crippen molar-refractivity contribution in [2.75, 3.05) is 31.1 Å². The minimum atomic E-state index is -0.548. The van der Waals surface area contributed by atoms with Crippen LogP contribution >= 0.6 is 0 Å². The standard InChI is InChI=1S/C23H27FN4O3/c1-15(29)26-11-20-14-28(23(30)31-20)19-6-7-21(22(24)10-19)17-4-2-16(3-5-17)12-27-9-8-18(25)13-27/h2-7,10,18,20H,8-9,11-14,25H2,1H3,(H,26,29)/t18-,20+/m1/s1. The van der Waals surface area contributed by atoms with Gasteiger partial charge in [-0.15, -0.1) is 0 Å². The van der Waals surface area contributed by atoms with Crippen molar-refractivity contribution < 1.29 is 18.7 Å². The van der Waals surface area contributed by atoms with E-state index in [0.717, 1.165) is 31.6 Å². The predicted molar refractivity (Wildman–Crippen MR) is 116 cm³/mol. The van der Waals surface area contributed by atoms with Crippen molar-refractivity contribution >= 4 is 17.7 Å². The summed E-state index contributed by atoms with van der Waals surface area (Å²) in [6, 6.07) is 12.8. The number of nitrogens with zero attached hydrogens (tertiary/aromatic N) is 2. The zero-order valence-electron chi connectivity index (χ0n) is 17.5. The number of anilines is 1. The molecule has 2 aliphatic rings. The molecule has 4 rings (SSSR count). The van der Waals surface area contributed by atoms with Crippen LogP contribution in [0.5, 0.6) is 0 Å². The number of likely N-dealkylation sites (tertiary alicyclic amines) is 1. The normalized spacial score (nSPS) is 21.4. The molecule has 7 nitrogen and oxygen atoms in total. The number of rotatable bonds is 6. The fourth-order valence-electron chi connectivity index (χ4n) is 4.06. The lowest BCUT2D eigenvalue weighted by Crippen LogP contribution is -2.33. The predicted octanol–water partition coefficient (Wildman–Crippen LogP) is 2.49. The third-order valence-electron chi connectivity index (χ3n) is 5.70. The fraction of sp³-hybridized carbons (Fsp3) is 0.391. The molecule has 2 atom stereocenters. The molecule has 0 bridgehead atoms. The molecule has 2 fully saturated rings. The van der Waals surface area contributed by atoms with E-state index in [1.807, 2.05) is 24.3 Å². The van der Waals surface area contributed by atoms with E-state index in [4.69, 9.17) is 10.5 Å². The van der Waals surface area contributed by atoms with Crippen molar-refractivity contribution in [3.8, 4) is 11.1 Å². The van der Waals surface area contributed by atoms with Gasteiger partial charge in [0.15, 0.2) is 0 Å². The van der Waals surface area contributed by atoms with Gasteiger partial charge in [0.05, 0.1) is 18.8 Å². The lowest BCUT2D eigenvalue weighted by atomic mass is 10.0. The number of nitrogens with one attached hydrogen (secondary N) is 1. The van der Waals surface area contributed by atoms with Gasteiger partial charge in [0.25, 0.3) is 0 Å². The smallest absolute Gasteiger partial charge is 0.414 e. The van der Waals surface area contributed by atoms with Crippen molar-refractivity contribution in [3.05, 3.63) is 53.8 Å². The van der Waals surface area contributed by atoms with Crippen LogP contribution in [0, 0.1) is 5.82 Å². The quantitative estimate of drug-likeness (QED) is 0.741. The van der Waals surface area contributed by atoms with Crippen LogP contribution in [-0.4, -0.2) is 55.2 Å². The van der Waals surface area contributed by atoms with E-state index in [9.17, 15) is 14.0 Å². The Kier molecular flexibility index (Phi) is 6.20. The van der Waals surface area contributed by atoms with Crippen molar-refractivity contribution in [1.29, 1.82) is 0 Å². The van der Waals surface area contributed by atoms with Crippen LogP contribution in [0.4, 0.5) is 14.9 Å². The molecule has 2 aliphatic heterocycles. The Morgan fingerprint density at radius 2 is 2.00 bits per heavy atom. The molecular formula is C23H27FN4O3. The Hall–Kier alpha value is -2.97. The Morgan fingerprint density at radius 3 is 2.65 bits per heavy atom. The molecule has 0 saturated carbocycles. The second kappa shape index (κ2) is 9.03. The van der Waals surface area contributed by atoms with Gasteiger partial charge in [-0.25, -0.2) is 9.18 Å². The summed E-state index contributed by atoms with van der Waals surface area (Å²) in [4.78, 5) is 26.9. The van der Waals surface area contributed by atoms with Gasteiger partial charge in [-0.3, -0.25) is 14.6 Å². The van der Waals surface area contributed by atoms with Crippen LogP contribution < -0.4 is 16.0 Å². The van der Waals surface area contributed by atoms with Gasteiger partial charge in [0.2, 0.25) is 5.91 Å². The highest BCUT2D eigenvalue weighted by atomic mass is 19.1. The van der Waals surface area contributed by atoms with Gasteiger partial charge in [-0.05, 0) is 35.7 Å².